The summed E-state index contributed by atoms with van der Waals surface area (Å²) in [5.74, 6) is 0.751. The van der Waals surface area contributed by atoms with Gasteiger partial charge in [-0.1, -0.05) is 19.1 Å². The average Bonchev–Trinajstić information content (AvgIpc) is 3.10. The summed E-state index contributed by atoms with van der Waals surface area (Å²) in [6.45, 7) is 6.63. The average molecular weight is 506 g/mol. The standard InChI is InChI=1S/C19H27FN4OS.HI/c1-4-15-14-23-18(26-15)10-11-22-19(21-5-2)24(3)12-13-25-17-9-7-6-8-16(17)20;/h6-9,14H,4-5,10-13H2,1-3H3,(H,21,22);1H. The van der Waals surface area contributed by atoms with Gasteiger partial charge in [-0.2, -0.15) is 0 Å². The monoisotopic (exact) mass is 506 g/mol. The Hall–Kier alpha value is -1.42. The summed E-state index contributed by atoms with van der Waals surface area (Å²) in [5, 5.41) is 4.39. The molecule has 1 heterocycles. The maximum Gasteiger partial charge on any atom is 0.193 e. The summed E-state index contributed by atoms with van der Waals surface area (Å²) in [4.78, 5) is 12.4. The molecule has 0 bridgehead atoms. The molecule has 0 saturated heterocycles. The third-order valence-electron chi connectivity index (χ3n) is 3.75. The van der Waals surface area contributed by atoms with Crippen molar-refractivity contribution in [3.8, 4) is 5.75 Å². The minimum absolute atomic E-state index is 0. The molecule has 0 spiro atoms. The molecule has 1 aromatic heterocycles. The largest absolute Gasteiger partial charge is 0.489 e. The van der Waals surface area contributed by atoms with Gasteiger partial charge in [-0.3, -0.25) is 4.99 Å². The highest BCUT2D eigenvalue weighted by molar-refractivity contribution is 14.0. The molecule has 150 valence electrons. The van der Waals surface area contributed by atoms with Crippen molar-refractivity contribution in [1.82, 2.24) is 15.2 Å². The molecule has 0 fully saturated rings. The fourth-order valence-corrected chi connectivity index (χ4v) is 3.17. The number of benzene rings is 1. The third-order valence-corrected chi connectivity index (χ3v) is 4.96. The lowest BCUT2D eigenvalue weighted by Gasteiger charge is -2.22. The summed E-state index contributed by atoms with van der Waals surface area (Å²) < 4.78 is 19.1. The Morgan fingerprint density at radius 3 is 2.78 bits per heavy atom. The van der Waals surface area contributed by atoms with Crippen LogP contribution < -0.4 is 10.1 Å². The Bertz CT molecular complexity index is 711. The number of aliphatic imine (C=N–C) groups is 1. The molecule has 27 heavy (non-hydrogen) atoms. The van der Waals surface area contributed by atoms with Crippen LogP contribution in [-0.4, -0.2) is 49.1 Å². The van der Waals surface area contributed by atoms with Crippen LogP contribution in [0.3, 0.4) is 0 Å². The van der Waals surface area contributed by atoms with E-state index in [2.05, 4.69) is 22.2 Å². The van der Waals surface area contributed by atoms with E-state index in [0.717, 1.165) is 30.4 Å². The van der Waals surface area contributed by atoms with Crippen LogP contribution in [0.2, 0.25) is 0 Å². The number of nitrogens with one attached hydrogen (secondary N) is 1. The highest BCUT2D eigenvalue weighted by Crippen LogP contribution is 2.15. The van der Waals surface area contributed by atoms with Crippen LogP contribution in [0.15, 0.2) is 35.5 Å². The van der Waals surface area contributed by atoms with Crippen LogP contribution in [0.4, 0.5) is 4.39 Å². The second kappa shape index (κ2) is 12.9. The van der Waals surface area contributed by atoms with Crippen molar-refractivity contribution in [2.24, 2.45) is 4.99 Å². The first-order valence-corrected chi connectivity index (χ1v) is 9.76. The van der Waals surface area contributed by atoms with Gasteiger partial charge in [-0.25, -0.2) is 9.37 Å². The van der Waals surface area contributed by atoms with Crippen molar-refractivity contribution in [2.45, 2.75) is 26.7 Å². The summed E-state index contributed by atoms with van der Waals surface area (Å²) in [6.07, 6.45) is 3.80. The number of halogens is 2. The lowest BCUT2D eigenvalue weighted by molar-refractivity contribution is 0.270. The molecule has 2 rings (SSSR count). The van der Waals surface area contributed by atoms with Gasteiger partial charge in [-0.15, -0.1) is 35.3 Å². The highest BCUT2D eigenvalue weighted by Gasteiger charge is 2.07. The van der Waals surface area contributed by atoms with E-state index in [-0.39, 0.29) is 35.5 Å². The maximum atomic E-state index is 13.6. The minimum atomic E-state index is -0.342. The summed E-state index contributed by atoms with van der Waals surface area (Å²) in [6, 6.07) is 6.44. The zero-order valence-electron chi connectivity index (χ0n) is 16.1. The van der Waals surface area contributed by atoms with E-state index < -0.39 is 0 Å². The van der Waals surface area contributed by atoms with Crippen molar-refractivity contribution < 1.29 is 9.13 Å². The zero-order chi connectivity index (χ0) is 18.8. The number of aromatic nitrogens is 1. The Morgan fingerprint density at radius 2 is 2.11 bits per heavy atom. The van der Waals surface area contributed by atoms with Crippen LogP contribution in [0, 0.1) is 5.82 Å². The number of hydrogen-bond donors (Lipinski definition) is 1. The first kappa shape index (κ1) is 23.6. The molecule has 0 radical (unpaired) electrons. The Morgan fingerprint density at radius 1 is 1.33 bits per heavy atom. The molecule has 0 amide bonds. The first-order valence-electron chi connectivity index (χ1n) is 8.94. The number of nitrogens with zero attached hydrogens (tertiary/aromatic N) is 3. The Labute approximate surface area is 182 Å². The van der Waals surface area contributed by atoms with Gasteiger partial charge in [0, 0.05) is 37.6 Å². The number of rotatable bonds is 9. The molecule has 0 aliphatic carbocycles. The van der Waals surface area contributed by atoms with E-state index in [0.29, 0.717) is 19.7 Å². The van der Waals surface area contributed by atoms with Crippen LogP contribution in [0.25, 0.3) is 0 Å². The second-order valence-corrected chi connectivity index (χ2v) is 6.96. The molecule has 8 heteroatoms. The Balaban J connectivity index is 0.00000364. The number of aryl methyl sites for hydroxylation is 1. The molecule has 1 aromatic carbocycles. The first-order chi connectivity index (χ1) is 12.6. The maximum absolute atomic E-state index is 13.6. The minimum Gasteiger partial charge on any atom is -0.489 e. The summed E-state index contributed by atoms with van der Waals surface area (Å²) in [5.41, 5.74) is 0. The van der Waals surface area contributed by atoms with E-state index in [1.54, 1.807) is 29.5 Å². The predicted octanol–water partition coefficient (Wildman–Crippen LogP) is 3.98. The topological polar surface area (TPSA) is 49.8 Å². The van der Waals surface area contributed by atoms with Crippen molar-refractivity contribution in [1.29, 1.82) is 0 Å². The van der Waals surface area contributed by atoms with E-state index in [1.807, 2.05) is 25.1 Å². The number of para-hydroxylation sites is 1. The SMILES string of the molecule is CCNC(=NCCc1ncc(CC)s1)N(C)CCOc1ccccc1F.I. The van der Waals surface area contributed by atoms with Gasteiger partial charge >= 0.3 is 0 Å². The number of hydrogen-bond acceptors (Lipinski definition) is 4. The van der Waals surface area contributed by atoms with E-state index >= 15 is 0 Å². The van der Waals surface area contributed by atoms with Gasteiger partial charge in [0.25, 0.3) is 0 Å². The quantitative estimate of drug-likeness (QED) is 0.318. The van der Waals surface area contributed by atoms with E-state index in [4.69, 9.17) is 4.74 Å². The molecule has 1 N–H and O–H groups in total. The molecule has 0 atom stereocenters. The molecule has 0 saturated carbocycles. The second-order valence-electron chi connectivity index (χ2n) is 5.76. The lowest BCUT2D eigenvalue weighted by atomic mass is 10.3. The number of ether oxygens (including phenoxy) is 1. The van der Waals surface area contributed by atoms with Gasteiger partial charge in [0.15, 0.2) is 17.5 Å². The smallest absolute Gasteiger partial charge is 0.193 e. The van der Waals surface area contributed by atoms with Gasteiger partial charge in [0.05, 0.1) is 11.6 Å². The van der Waals surface area contributed by atoms with Gasteiger partial charge in [0.2, 0.25) is 0 Å². The number of likely N-dealkylation sites (N-methyl/N-ethyl adjacent to an activating group) is 1. The van der Waals surface area contributed by atoms with Crippen LogP contribution in [0.1, 0.15) is 23.7 Å². The summed E-state index contributed by atoms with van der Waals surface area (Å²) >= 11 is 1.75. The third kappa shape index (κ3) is 8.00. The number of thiazole rings is 1. The Kier molecular flexibility index (Phi) is 11.3. The van der Waals surface area contributed by atoms with Gasteiger partial charge in [0.1, 0.15) is 6.61 Å². The van der Waals surface area contributed by atoms with Crippen molar-refractivity contribution in [3.05, 3.63) is 46.2 Å². The summed E-state index contributed by atoms with van der Waals surface area (Å²) in [7, 11) is 1.95. The van der Waals surface area contributed by atoms with E-state index in [9.17, 15) is 4.39 Å². The van der Waals surface area contributed by atoms with Crippen LogP contribution in [0.5, 0.6) is 5.75 Å². The fraction of sp³-hybridized carbons (Fsp3) is 0.474. The normalized spacial score (nSPS) is 11.0. The van der Waals surface area contributed by atoms with Crippen LogP contribution in [-0.2, 0) is 12.8 Å². The van der Waals surface area contributed by atoms with Crippen LogP contribution >= 0.6 is 35.3 Å². The molecule has 0 aliphatic heterocycles. The molecule has 2 aromatic rings. The molecule has 0 unspecified atom stereocenters. The highest BCUT2D eigenvalue weighted by atomic mass is 127. The number of guanidine groups is 1. The zero-order valence-corrected chi connectivity index (χ0v) is 19.2. The van der Waals surface area contributed by atoms with Gasteiger partial charge in [-0.05, 0) is 25.5 Å². The van der Waals surface area contributed by atoms with Crippen molar-refractivity contribution in [2.75, 3.05) is 33.3 Å². The fourth-order valence-electron chi connectivity index (χ4n) is 2.31. The lowest BCUT2D eigenvalue weighted by Crippen LogP contribution is -2.41. The van der Waals surface area contributed by atoms with Crippen molar-refractivity contribution in [3.63, 3.8) is 0 Å². The molecular weight excluding hydrogens is 478 g/mol. The van der Waals surface area contributed by atoms with Crippen molar-refractivity contribution >= 4 is 41.3 Å². The molecule has 5 nitrogen and oxygen atoms in total. The molecule has 0 aliphatic rings. The predicted molar refractivity (Wildman–Crippen MR) is 121 cm³/mol. The van der Waals surface area contributed by atoms with E-state index in [1.165, 1.54) is 10.9 Å². The molecular formula is C19H28FIN4OS. The van der Waals surface area contributed by atoms with Gasteiger partial charge < -0.3 is 15.0 Å².